The van der Waals surface area contributed by atoms with Gasteiger partial charge in [-0.25, -0.2) is 4.98 Å². The normalized spacial score (nSPS) is 16.3. The molecule has 0 saturated carbocycles. The zero-order chi connectivity index (χ0) is 15.0. The van der Waals surface area contributed by atoms with Gasteiger partial charge in [0, 0.05) is 6.20 Å². The molecule has 0 aliphatic carbocycles. The minimum Gasteiger partial charge on any atom is -0.335 e. The standard InChI is InChI=1S/C15H15ClN4O/c1-15(2)14(21)18-11-6-7-12(16)19-13(11)20(15)9-10-5-3-4-8-17-10/h3-8H,9H2,1-2H3,(H,18,21). The Morgan fingerprint density at radius 2 is 2.10 bits per heavy atom. The largest absolute Gasteiger partial charge is 0.335 e. The molecule has 1 amide bonds. The summed E-state index contributed by atoms with van der Waals surface area (Å²) in [6.07, 6.45) is 1.73. The van der Waals surface area contributed by atoms with Gasteiger partial charge in [0.2, 0.25) is 5.91 Å². The highest BCUT2D eigenvalue weighted by Gasteiger charge is 2.41. The van der Waals surface area contributed by atoms with Crippen molar-refractivity contribution in [3.05, 3.63) is 47.4 Å². The van der Waals surface area contributed by atoms with Crippen molar-refractivity contribution in [1.29, 1.82) is 0 Å². The third-order valence-electron chi connectivity index (χ3n) is 3.62. The maximum atomic E-state index is 12.3. The van der Waals surface area contributed by atoms with Crippen LogP contribution in [0.25, 0.3) is 0 Å². The van der Waals surface area contributed by atoms with E-state index in [4.69, 9.17) is 11.6 Å². The minimum absolute atomic E-state index is 0.0740. The summed E-state index contributed by atoms with van der Waals surface area (Å²) in [6, 6.07) is 9.14. The van der Waals surface area contributed by atoms with Gasteiger partial charge in [-0.15, -0.1) is 0 Å². The first-order chi connectivity index (χ1) is 9.98. The van der Waals surface area contributed by atoms with E-state index in [2.05, 4.69) is 15.3 Å². The number of aromatic nitrogens is 2. The third kappa shape index (κ3) is 2.45. The summed E-state index contributed by atoms with van der Waals surface area (Å²) in [5, 5.41) is 3.27. The lowest BCUT2D eigenvalue weighted by molar-refractivity contribution is -0.120. The molecule has 0 fully saturated rings. The fourth-order valence-electron chi connectivity index (χ4n) is 2.32. The van der Waals surface area contributed by atoms with Crippen molar-refractivity contribution in [3.8, 4) is 0 Å². The Morgan fingerprint density at radius 3 is 2.81 bits per heavy atom. The zero-order valence-electron chi connectivity index (χ0n) is 11.8. The molecule has 5 nitrogen and oxygen atoms in total. The molecule has 108 valence electrons. The summed E-state index contributed by atoms with van der Waals surface area (Å²) in [5.74, 6) is 0.591. The van der Waals surface area contributed by atoms with Crippen molar-refractivity contribution in [1.82, 2.24) is 9.97 Å². The van der Waals surface area contributed by atoms with Crippen molar-refractivity contribution in [2.45, 2.75) is 25.9 Å². The molecule has 0 spiro atoms. The summed E-state index contributed by atoms with van der Waals surface area (Å²) in [4.78, 5) is 23.0. The molecule has 0 saturated heterocycles. The quantitative estimate of drug-likeness (QED) is 0.867. The highest BCUT2D eigenvalue weighted by molar-refractivity contribution is 6.29. The van der Waals surface area contributed by atoms with Gasteiger partial charge < -0.3 is 10.2 Å². The number of anilines is 2. The van der Waals surface area contributed by atoms with E-state index in [-0.39, 0.29) is 5.91 Å². The van der Waals surface area contributed by atoms with Crippen LogP contribution in [0.5, 0.6) is 0 Å². The van der Waals surface area contributed by atoms with Gasteiger partial charge in [0.05, 0.1) is 17.9 Å². The SMILES string of the molecule is CC1(C)C(=O)Nc2ccc(Cl)nc2N1Cc1ccccn1. The molecule has 3 rings (SSSR count). The molecule has 2 aromatic heterocycles. The van der Waals surface area contributed by atoms with Crippen LogP contribution in [0.15, 0.2) is 36.5 Å². The monoisotopic (exact) mass is 302 g/mol. The first-order valence-electron chi connectivity index (χ1n) is 6.64. The number of carbonyl (C=O) groups is 1. The van der Waals surface area contributed by atoms with E-state index in [1.165, 1.54) is 0 Å². The number of hydrogen-bond acceptors (Lipinski definition) is 4. The van der Waals surface area contributed by atoms with Crippen LogP contribution in [0.4, 0.5) is 11.5 Å². The number of hydrogen-bond donors (Lipinski definition) is 1. The lowest BCUT2D eigenvalue weighted by Crippen LogP contribution is -2.56. The summed E-state index contributed by atoms with van der Waals surface area (Å²) >= 11 is 6.01. The van der Waals surface area contributed by atoms with Crippen LogP contribution in [-0.2, 0) is 11.3 Å². The van der Waals surface area contributed by atoms with Gasteiger partial charge in [0.1, 0.15) is 10.7 Å². The number of nitrogens with zero attached hydrogens (tertiary/aromatic N) is 3. The summed E-state index contributed by atoms with van der Waals surface area (Å²) < 4.78 is 0. The van der Waals surface area contributed by atoms with Crippen LogP contribution in [0, 0.1) is 0 Å². The molecule has 21 heavy (non-hydrogen) atoms. The van der Waals surface area contributed by atoms with Gasteiger partial charge >= 0.3 is 0 Å². The number of nitrogens with one attached hydrogen (secondary N) is 1. The Bertz CT molecular complexity index is 687. The molecule has 1 N–H and O–H groups in total. The van der Waals surface area contributed by atoms with Crippen LogP contribution < -0.4 is 10.2 Å². The van der Waals surface area contributed by atoms with Gasteiger partial charge in [0.15, 0.2) is 5.82 Å². The van der Waals surface area contributed by atoms with Gasteiger partial charge in [-0.3, -0.25) is 9.78 Å². The second-order valence-corrected chi connectivity index (χ2v) is 5.81. The van der Waals surface area contributed by atoms with E-state index in [1.54, 1.807) is 18.3 Å². The average molecular weight is 303 g/mol. The van der Waals surface area contributed by atoms with Crippen LogP contribution >= 0.6 is 11.6 Å². The van der Waals surface area contributed by atoms with Crippen LogP contribution in [0.2, 0.25) is 5.15 Å². The van der Waals surface area contributed by atoms with Gasteiger partial charge in [-0.05, 0) is 38.1 Å². The molecule has 1 aliphatic heterocycles. The van der Waals surface area contributed by atoms with Crippen LogP contribution in [-0.4, -0.2) is 21.4 Å². The highest BCUT2D eigenvalue weighted by Crippen LogP contribution is 2.36. The summed E-state index contributed by atoms with van der Waals surface area (Å²) in [5.41, 5.74) is 0.801. The number of amides is 1. The Balaban J connectivity index is 2.07. The molecule has 1 aliphatic rings. The molecular weight excluding hydrogens is 288 g/mol. The summed E-state index contributed by atoms with van der Waals surface area (Å²) in [7, 11) is 0. The number of carbonyl (C=O) groups excluding carboxylic acids is 1. The van der Waals surface area contributed by atoms with Gasteiger partial charge in [-0.1, -0.05) is 17.7 Å². The predicted molar refractivity (Wildman–Crippen MR) is 82.4 cm³/mol. The predicted octanol–water partition coefficient (Wildman–Crippen LogP) is 2.87. The molecule has 0 atom stereocenters. The smallest absolute Gasteiger partial charge is 0.249 e. The molecule has 0 bridgehead atoms. The van der Waals surface area contributed by atoms with Crippen molar-refractivity contribution in [2.24, 2.45) is 0 Å². The van der Waals surface area contributed by atoms with Crippen molar-refractivity contribution >= 4 is 29.0 Å². The summed E-state index contributed by atoms with van der Waals surface area (Å²) in [6.45, 7) is 4.20. The number of pyridine rings is 2. The van der Waals surface area contributed by atoms with Crippen molar-refractivity contribution in [2.75, 3.05) is 10.2 Å². The topological polar surface area (TPSA) is 58.1 Å². The van der Waals surface area contributed by atoms with Crippen molar-refractivity contribution < 1.29 is 4.79 Å². The first kappa shape index (κ1) is 13.8. The molecular formula is C15H15ClN4O. The fraction of sp³-hybridized carbons (Fsp3) is 0.267. The average Bonchev–Trinajstić information content (AvgIpc) is 2.46. The van der Waals surface area contributed by atoms with E-state index in [0.717, 1.165) is 5.69 Å². The lowest BCUT2D eigenvalue weighted by atomic mass is 9.97. The number of rotatable bonds is 2. The molecule has 3 heterocycles. The second-order valence-electron chi connectivity index (χ2n) is 5.43. The number of halogens is 1. The van der Waals surface area contributed by atoms with E-state index < -0.39 is 5.54 Å². The van der Waals surface area contributed by atoms with E-state index in [9.17, 15) is 4.79 Å². The van der Waals surface area contributed by atoms with E-state index >= 15 is 0 Å². The van der Waals surface area contributed by atoms with Gasteiger partial charge in [0.25, 0.3) is 0 Å². The van der Waals surface area contributed by atoms with Crippen LogP contribution in [0.1, 0.15) is 19.5 Å². The third-order valence-corrected chi connectivity index (χ3v) is 3.83. The molecule has 6 heteroatoms. The Labute approximate surface area is 128 Å². The maximum Gasteiger partial charge on any atom is 0.249 e. The highest BCUT2D eigenvalue weighted by atomic mass is 35.5. The number of fused-ring (bicyclic) bond motifs is 1. The molecule has 0 radical (unpaired) electrons. The molecule has 2 aromatic rings. The second kappa shape index (κ2) is 5.00. The molecule has 0 aromatic carbocycles. The van der Waals surface area contributed by atoms with Crippen LogP contribution in [0.3, 0.4) is 0 Å². The minimum atomic E-state index is -0.734. The first-order valence-corrected chi connectivity index (χ1v) is 7.02. The van der Waals surface area contributed by atoms with Crippen molar-refractivity contribution in [3.63, 3.8) is 0 Å². The Morgan fingerprint density at radius 1 is 1.29 bits per heavy atom. The Hall–Kier alpha value is -2.14. The zero-order valence-corrected chi connectivity index (χ0v) is 12.6. The maximum absolute atomic E-state index is 12.3. The lowest BCUT2D eigenvalue weighted by Gasteiger charge is -2.42. The Kier molecular flexibility index (Phi) is 3.29. The van der Waals surface area contributed by atoms with E-state index in [0.29, 0.717) is 23.2 Å². The van der Waals surface area contributed by atoms with E-state index in [1.807, 2.05) is 36.9 Å². The molecule has 0 unspecified atom stereocenters. The van der Waals surface area contributed by atoms with Gasteiger partial charge in [-0.2, -0.15) is 0 Å². The fourth-order valence-corrected chi connectivity index (χ4v) is 2.46.